The van der Waals surface area contributed by atoms with Gasteiger partial charge >= 0.3 is 0 Å². The van der Waals surface area contributed by atoms with Crippen molar-refractivity contribution in [2.75, 3.05) is 0 Å². The maximum Gasteiger partial charge on any atom is 0.187 e. The average molecular weight is 212 g/mol. The van der Waals surface area contributed by atoms with Gasteiger partial charge in [-0.2, -0.15) is 0 Å². The number of aromatic nitrogens is 1. The Morgan fingerprint density at radius 2 is 2.19 bits per heavy atom. The molecule has 0 saturated carbocycles. The van der Waals surface area contributed by atoms with Gasteiger partial charge in [0.05, 0.1) is 6.57 Å². The normalized spacial score (nSPS) is 10.5. The van der Waals surface area contributed by atoms with Crippen LogP contribution in [0.15, 0.2) is 24.4 Å². The van der Waals surface area contributed by atoms with Crippen molar-refractivity contribution in [3.8, 4) is 0 Å². The predicted molar refractivity (Wildman–Crippen MR) is 67.8 cm³/mol. The van der Waals surface area contributed by atoms with Crippen LogP contribution in [0.2, 0.25) is 0 Å². The van der Waals surface area contributed by atoms with Crippen molar-refractivity contribution >= 4 is 16.6 Å². The van der Waals surface area contributed by atoms with Crippen LogP contribution in [0.3, 0.4) is 0 Å². The lowest BCUT2D eigenvalue weighted by Gasteiger charge is -1.98. The lowest BCUT2D eigenvalue weighted by atomic mass is 10.1. The van der Waals surface area contributed by atoms with E-state index in [0.717, 1.165) is 17.6 Å². The first-order valence-corrected chi connectivity index (χ1v) is 5.82. The summed E-state index contributed by atoms with van der Waals surface area (Å²) in [5, 5.41) is 1.21. The van der Waals surface area contributed by atoms with Crippen molar-refractivity contribution in [1.29, 1.82) is 0 Å². The van der Waals surface area contributed by atoms with Gasteiger partial charge in [0.1, 0.15) is 0 Å². The van der Waals surface area contributed by atoms with Gasteiger partial charge in [-0.05, 0) is 35.9 Å². The number of H-pyrrole nitrogens is 1. The zero-order valence-electron chi connectivity index (χ0n) is 9.59. The van der Waals surface area contributed by atoms with Crippen LogP contribution in [-0.2, 0) is 6.42 Å². The molecule has 0 fully saturated rings. The van der Waals surface area contributed by atoms with Gasteiger partial charge in [0.2, 0.25) is 0 Å². The van der Waals surface area contributed by atoms with Gasteiger partial charge in [-0.25, -0.2) is 4.85 Å². The summed E-state index contributed by atoms with van der Waals surface area (Å²) in [5.74, 6) is 0. The topological polar surface area (TPSA) is 20.1 Å². The second-order valence-electron chi connectivity index (χ2n) is 4.11. The van der Waals surface area contributed by atoms with Gasteiger partial charge in [-0.1, -0.05) is 25.8 Å². The fourth-order valence-electron chi connectivity index (χ4n) is 2.01. The number of benzene rings is 1. The van der Waals surface area contributed by atoms with Gasteiger partial charge in [-0.15, -0.1) is 0 Å². The number of aromatic amines is 1. The van der Waals surface area contributed by atoms with Crippen LogP contribution in [0.4, 0.5) is 5.69 Å². The van der Waals surface area contributed by atoms with Crippen molar-refractivity contribution in [3.63, 3.8) is 0 Å². The second-order valence-corrected chi connectivity index (χ2v) is 4.11. The molecule has 82 valence electrons. The van der Waals surface area contributed by atoms with E-state index >= 15 is 0 Å². The van der Waals surface area contributed by atoms with Crippen molar-refractivity contribution in [2.24, 2.45) is 0 Å². The van der Waals surface area contributed by atoms with Crippen LogP contribution in [0.1, 0.15) is 31.7 Å². The Bertz CT molecular complexity index is 517. The van der Waals surface area contributed by atoms with Gasteiger partial charge in [0, 0.05) is 11.7 Å². The first kappa shape index (κ1) is 10.8. The van der Waals surface area contributed by atoms with E-state index in [1.54, 1.807) is 0 Å². The molecule has 16 heavy (non-hydrogen) atoms. The van der Waals surface area contributed by atoms with Crippen molar-refractivity contribution in [3.05, 3.63) is 41.4 Å². The molecule has 2 rings (SSSR count). The molecule has 0 amide bonds. The van der Waals surface area contributed by atoms with Gasteiger partial charge in [0.25, 0.3) is 0 Å². The minimum atomic E-state index is 0.726. The van der Waals surface area contributed by atoms with Crippen molar-refractivity contribution < 1.29 is 0 Å². The van der Waals surface area contributed by atoms with Gasteiger partial charge < -0.3 is 4.98 Å². The fourth-order valence-corrected chi connectivity index (χ4v) is 2.01. The molecular weight excluding hydrogens is 196 g/mol. The highest BCUT2D eigenvalue weighted by Gasteiger charge is 2.04. The molecule has 0 aliphatic carbocycles. The Kier molecular flexibility index (Phi) is 3.26. The summed E-state index contributed by atoms with van der Waals surface area (Å²) in [6.45, 7) is 9.24. The molecule has 2 aromatic rings. The van der Waals surface area contributed by atoms with Gasteiger partial charge in [-0.3, -0.25) is 0 Å². The average Bonchev–Trinajstić information content (AvgIpc) is 2.72. The first-order valence-electron chi connectivity index (χ1n) is 5.82. The molecule has 0 bridgehead atoms. The second kappa shape index (κ2) is 4.85. The highest BCUT2D eigenvalue weighted by molar-refractivity contribution is 5.86. The largest absolute Gasteiger partial charge is 0.361 e. The summed E-state index contributed by atoms with van der Waals surface area (Å²) in [6.07, 6.45) is 6.93. The molecule has 0 aliphatic heterocycles. The third kappa shape index (κ3) is 2.09. The summed E-state index contributed by atoms with van der Waals surface area (Å²) in [7, 11) is 0. The third-order valence-electron chi connectivity index (χ3n) is 2.93. The summed E-state index contributed by atoms with van der Waals surface area (Å²) >= 11 is 0. The number of aryl methyl sites for hydroxylation is 1. The Labute approximate surface area is 96.1 Å². The number of nitrogens with zero attached hydrogens (tertiary/aromatic N) is 1. The van der Waals surface area contributed by atoms with Crippen molar-refractivity contribution in [1.82, 2.24) is 4.98 Å². The lowest BCUT2D eigenvalue weighted by Crippen LogP contribution is -1.82. The number of hydrogen-bond donors (Lipinski definition) is 1. The third-order valence-corrected chi connectivity index (χ3v) is 2.93. The molecule has 0 aliphatic rings. The van der Waals surface area contributed by atoms with Crippen LogP contribution in [0, 0.1) is 6.57 Å². The van der Waals surface area contributed by atoms with E-state index in [-0.39, 0.29) is 0 Å². The Balaban J connectivity index is 2.28. The standard InChI is InChI=1S/C14H16N2/c1-3-4-5-6-11-10-16-14-8-7-12(15-2)9-13(11)14/h7-10,16H,3-6H2,1H3. The highest BCUT2D eigenvalue weighted by Crippen LogP contribution is 2.25. The minimum absolute atomic E-state index is 0.726. The van der Waals surface area contributed by atoms with Crippen molar-refractivity contribution in [2.45, 2.75) is 32.6 Å². The number of nitrogens with one attached hydrogen (secondary N) is 1. The molecule has 1 aromatic heterocycles. The maximum absolute atomic E-state index is 7.03. The molecule has 1 aromatic carbocycles. The van der Waals surface area contributed by atoms with E-state index in [0.29, 0.717) is 0 Å². The monoisotopic (exact) mass is 212 g/mol. The molecule has 0 unspecified atom stereocenters. The molecule has 2 heteroatoms. The SMILES string of the molecule is [C-]#[N+]c1ccc2[nH]cc(CCCCC)c2c1. The number of rotatable bonds is 4. The number of hydrogen-bond acceptors (Lipinski definition) is 0. The van der Waals surface area contributed by atoms with Crippen LogP contribution in [-0.4, -0.2) is 4.98 Å². The summed E-state index contributed by atoms with van der Waals surface area (Å²) < 4.78 is 0. The van der Waals surface area contributed by atoms with E-state index in [1.165, 1.54) is 30.2 Å². The first-order chi connectivity index (χ1) is 7.85. The van der Waals surface area contributed by atoms with Crippen LogP contribution in [0.5, 0.6) is 0 Å². The van der Waals surface area contributed by atoms with E-state index in [1.807, 2.05) is 18.2 Å². The maximum atomic E-state index is 7.03. The molecule has 0 radical (unpaired) electrons. The van der Waals surface area contributed by atoms with E-state index in [2.05, 4.69) is 22.9 Å². The van der Waals surface area contributed by atoms with E-state index in [4.69, 9.17) is 6.57 Å². The molecule has 1 heterocycles. The Morgan fingerprint density at radius 1 is 1.31 bits per heavy atom. The summed E-state index contributed by atoms with van der Waals surface area (Å²) in [4.78, 5) is 6.74. The fraction of sp³-hybridized carbons (Fsp3) is 0.357. The van der Waals surface area contributed by atoms with Gasteiger partial charge in [0.15, 0.2) is 5.69 Å². The number of unbranched alkanes of at least 4 members (excludes halogenated alkanes) is 2. The zero-order chi connectivity index (χ0) is 11.4. The molecule has 0 atom stereocenters. The summed E-state index contributed by atoms with van der Waals surface area (Å²) in [6, 6.07) is 5.84. The molecule has 0 spiro atoms. The smallest absolute Gasteiger partial charge is 0.187 e. The highest BCUT2D eigenvalue weighted by atomic mass is 14.7. The molecule has 2 nitrogen and oxygen atoms in total. The van der Waals surface area contributed by atoms with Crippen LogP contribution in [0.25, 0.3) is 15.7 Å². The Hall–Kier alpha value is -1.75. The number of fused-ring (bicyclic) bond motifs is 1. The zero-order valence-corrected chi connectivity index (χ0v) is 9.59. The molecule has 0 saturated heterocycles. The van der Waals surface area contributed by atoms with E-state index < -0.39 is 0 Å². The van der Waals surface area contributed by atoms with E-state index in [9.17, 15) is 0 Å². The quantitative estimate of drug-likeness (QED) is 0.570. The van der Waals surface area contributed by atoms with Crippen LogP contribution < -0.4 is 0 Å². The molecular formula is C14H16N2. The lowest BCUT2D eigenvalue weighted by molar-refractivity contribution is 0.719. The minimum Gasteiger partial charge on any atom is -0.361 e. The predicted octanol–water partition coefficient (Wildman–Crippen LogP) is 4.45. The molecule has 1 N–H and O–H groups in total. The summed E-state index contributed by atoms with van der Waals surface area (Å²) in [5.41, 5.74) is 3.21. The van der Waals surface area contributed by atoms with Crippen LogP contribution >= 0.6 is 0 Å². The Morgan fingerprint density at radius 3 is 2.94 bits per heavy atom.